The number of amides is 1. The molecule has 0 unspecified atom stereocenters. The topological polar surface area (TPSA) is 54.9 Å². The summed E-state index contributed by atoms with van der Waals surface area (Å²) in [5.41, 5.74) is 2.53. The molecule has 2 aromatic rings. The number of halogens is 1. The van der Waals surface area contributed by atoms with Crippen LogP contribution in [0.2, 0.25) is 0 Å². The van der Waals surface area contributed by atoms with Gasteiger partial charge >= 0.3 is 0 Å². The highest BCUT2D eigenvalue weighted by atomic mass is 19.1. The first-order valence-corrected chi connectivity index (χ1v) is 5.85. The second kappa shape index (κ2) is 5.14. The zero-order chi connectivity index (χ0) is 14.0. The van der Waals surface area contributed by atoms with Crippen LogP contribution in [-0.2, 0) is 0 Å². The minimum Gasteiger partial charge on any atom is -0.290 e. The molecule has 4 nitrogen and oxygen atoms in total. The van der Waals surface area contributed by atoms with Gasteiger partial charge in [0, 0.05) is 17.0 Å². The van der Waals surface area contributed by atoms with E-state index in [1.165, 1.54) is 18.2 Å². The molecule has 0 atom stereocenters. The van der Waals surface area contributed by atoms with Gasteiger partial charge in [0.05, 0.1) is 0 Å². The Morgan fingerprint density at radius 3 is 2.32 bits per heavy atom. The molecule has 0 radical (unpaired) electrons. The van der Waals surface area contributed by atoms with Gasteiger partial charge in [0.2, 0.25) is 5.95 Å². The number of aryl methyl sites for hydroxylation is 3. The lowest BCUT2D eigenvalue weighted by Gasteiger charge is -2.07. The summed E-state index contributed by atoms with van der Waals surface area (Å²) in [4.78, 5) is 20.3. The van der Waals surface area contributed by atoms with Crippen molar-refractivity contribution >= 4 is 11.9 Å². The highest BCUT2D eigenvalue weighted by Crippen LogP contribution is 2.12. The molecule has 0 aliphatic carbocycles. The Morgan fingerprint density at radius 1 is 1.11 bits per heavy atom. The Morgan fingerprint density at radius 2 is 1.74 bits per heavy atom. The monoisotopic (exact) mass is 259 g/mol. The van der Waals surface area contributed by atoms with Crippen LogP contribution in [-0.4, -0.2) is 15.9 Å². The fraction of sp³-hybridized carbons (Fsp3) is 0.214. The number of nitrogens with zero attached hydrogens (tertiary/aromatic N) is 2. The average Bonchev–Trinajstić information content (AvgIpc) is 2.26. The number of anilines is 1. The number of benzene rings is 1. The van der Waals surface area contributed by atoms with Crippen LogP contribution in [0.25, 0.3) is 0 Å². The van der Waals surface area contributed by atoms with Gasteiger partial charge in [0.1, 0.15) is 5.82 Å². The Balaban J connectivity index is 2.25. The molecule has 1 heterocycles. The standard InChI is InChI=1S/C14H14FN3O/c1-8-6-11(15)4-5-12(8)13(19)18-14-16-9(2)7-10(3)17-14/h4-7H,1-3H3,(H,16,17,18,19). The Hall–Kier alpha value is -2.30. The van der Waals surface area contributed by atoms with E-state index >= 15 is 0 Å². The third kappa shape index (κ3) is 3.13. The van der Waals surface area contributed by atoms with Crippen LogP contribution in [0.4, 0.5) is 10.3 Å². The lowest BCUT2D eigenvalue weighted by molar-refractivity contribution is 0.102. The van der Waals surface area contributed by atoms with Gasteiger partial charge in [-0.25, -0.2) is 14.4 Å². The fourth-order valence-electron chi connectivity index (χ4n) is 1.83. The van der Waals surface area contributed by atoms with Crippen molar-refractivity contribution in [1.29, 1.82) is 0 Å². The first kappa shape index (κ1) is 13.1. The van der Waals surface area contributed by atoms with Crippen LogP contribution in [0.5, 0.6) is 0 Å². The summed E-state index contributed by atoms with van der Waals surface area (Å²) in [6.07, 6.45) is 0. The van der Waals surface area contributed by atoms with Crippen LogP contribution >= 0.6 is 0 Å². The minimum absolute atomic E-state index is 0.256. The highest BCUT2D eigenvalue weighted by molar-refractivity contribution is 6.04. The number of nitrogens with one attached hydrogen (secondary N) is 1. The van der Waals surface area contributed by atoms with Gasteiger partial charge in [0.15, 0.2) is 0 Å². The summed E-state index contributed by atoms with van der Waals surface area (Å²) >= 11 is 0. The molecule has 1 aromatic carbocycles. The van der Waals surface area contributed by atoms with E-state index in [9.17, 15) is 9.18 Å². The second-order valence-corrected chi connectivity index (χ2v) is 4.39. The number of carbonyl (C=O) groups excluding carboxylic acids is 1. The summed E-state index contributed by atoms with van der Waals surface area (Å²) in [7, 11) is 0. The molecule has 1 aromatic heterocycles. The predicted molar refractivity (Wildman–Crippen MR) is 70.6 cm³/mol. The first-order valence-electron chi connectivity index (χ1n) is 5.85. The molecule has 0 spiro atoms. The molecule has 5 heteroatoms. The van der Waals surface area contributed by atoms with Crippen LogP contribution in [0, 0.1) is 26.6 Å². The molecule has 0 fully saturated rings. The van der Waals surface area contributed by atoms with E-state index in [0.717, 1.165) is 11.4 Å². The van der Waals surface area contributed by atoms with Crippen molar-refractivity contribution < 1.29 is 9.18 Å². The molecule has 1 amide bonds. The van der Waals surface area contributed by atoms with Crippen molar-refractivity contribution in [1.82, 2.24) is 9.97 Å². The lowest BCUT2D eigenvalue weighted by atomic mass is 10.1. The third-order valence-electron chi connectivity index (χ3n) is 2.64. The van der Waals surface area contributed by atoms with Crippen LogP contribution in [0.15, 0.2) is 24.3 Å². The summed E-state index contributed by atoms with van der Waals surface area (Å²) in [6, 6.07) is 5.84. The average molecular weight is 259 g/mol. The van der Waals surface area contributed by atoms with Crippen LogP contribution < -0.4 is 5.32 Å². The number of hydrogen-bond acceptors (Lipinski definition) is 3. The highest BCUT2D eigenvalue weighted by Gasteiger charge is 2.11. The van der Waals surface area contributed by atoms with Gasteiger partial charge < -0.3 is 0 Å². The fourth-order valence-corrected chi connectivity index (χ4v) is 1.83. The summed E-state index contributed by atoms with van der Waals surface area (Å²) in [5.74, 6) is -0.453. The third-order valence-corrected chi connectivity index (χ3v) is 2.64. The molecule has 98 valence electrons. The molecule has 19 heavy (non-hydrogen) atoms. The van der Waals surface area contributed by atoms with Crippen molar-refractivity contribution in [2.24, 2.45) is 0 Å². The second-order valence-electron chi connectivity index (χ2n) is 4.39. The maximum absolute atomic E-state index is 13.0. The van der Waals surface area contributed by atoms with Gasteiger partial charge in [-0.1, -0.05) is 0 Å². The molecule has 1 N–H and O–H groups in total. The SMILES string of the molecule is Cc1cc(C)nc(NC(=O)c2ccc(F)cc2C)n1. The minimum atomic E-state index is -0.364. The van der Waals surface area contributed by atoms with Gasteiger partial charge in [-0.2, -0.15) is 0 Å². The van der Waals surface area contributed by atoms with E-state index in [2.05, 4.69) is 15.3 Å². The maximum atomic E-state index is 13.0. The number of hydrogen-bond donors (Lipinski definition) is 1. The normalized spacial score (nSPS) is 10.3. The Bertz CT molecular complexity index is 620. The van der Waals surface area contributed by atoms with Gasteiger partial charge in [-0.3, -0.25) is 10.1 Å². The summed E-state index contributed by atoms with van der Waals surface area (Å²) in [5, 5.41) is 2.62. The molecule has 0 saturated heterocycles. The summed E-state index contributed by atoms with van der Waals surface area (Å²) < 4.78 is 13.0. The van der Waals surface area contributed by atoms with Crippen molar-refractivity contribution in [2.45, 2.75) is 20.8 Å². The quantitative estimate of drug-likeness (QED) is 0.902. The van der Waals surface area contributed by atoms with E-state index < -0.39 is 0 Å². The van der Waals surface area contributed by atoms with E-state index in [4.69, 9.17) is 0 Å². The van der Waals surface area contributed by atoms with Crippen LogP contribution in [0.3, 0.4) is 0 Å². The van der Waals surface area contributed by atoms with E-state index in [1.807, 2.05) is 19.9 Å². The number of carbonyl (C=O) groups is 1. The van der Waals surface area contributed by atoms with Gasteiger partial charge in [0.25, 0.3) is 5.91 Å². The van der Waals surface area contributed by atoms with Crippen molar-refractivity contribution in [3.8, 4) is 0 Å². The van der Waals surface area contributed by atoms with E-state index in [0.29, 0.717) is 11.1 Å². The molecular formula is C14H14FN3O. The van der Waals surface area contributed by atoms with E-state index in [1.54, 1.807) is 6.92 Å². The molecule has 2 rings (SSSR count). The first-order chi connectivity index (χ1) is 8.95. The van der Waals surface area contributed by atoms with Crippen molar-refractivity contribution in [3.63, 3.8) is 0 Å². The summed E-state index contributed by atoms with van der Waals surface area (Å²) in [6.45, 7) is 5.33. The molecule has 0 aliphatic heterocycles. The Labute approximate surface area is 110 Å². The molecule has 0 saturated carbocycles. The van der Waals surface area contributed by atoms with Crippen molar-refractivity contribution in [2.75, 3.05) is 5.32 Å². The number of aromatic nitrogens is 2. The largest absolute Gasteiger partial charge is 0.290 e. The lowest BCUT2D eigenvalue weighted by Crippen LogP contribution is -2.16. The molecular weight excluding hydrogens is 245 g/mol. The zero-order valence-electron chi connectivity index (χ0n) is 11.0. The van der Waals surface area contributed by atoms with Gasteiger partial charge in [-0.05, 0) is 50.6 Å². The number of rotatable bonds is 2. The predicted octanol–water partition coefficient (Wildman–Crippen LogP) is 2.79. The molecule has 0 bridgehead atoms. The maximum Gasteiger partial charge on any atom is 0.258 e. The smallest absolute Gasteiger partial charge is 0.258 e. The van der Waals surface area contributed by atoms with Crippen molar-refractivity contribution in [3.05, 3.63) is 52.6 Å². The van der Waals surface area contributed by atoms with Gasteiger partial charge in [-0.15, -0.1) is 0 Å². The van der Waals surface area contributed by atoms with E-state index in [-0.39, 0.29) is 17.7 Å². The van der Waals surface area contributed by atoms with Crippen LogP contribution in [0.1, 0.15) is 27.3 Å². The zero-order valence-corrected chi connectivity index (χ0v) is 11.0. The Kier molecular flexibility index (Phi) is 3.55. The molecule has 0 aliphatic rings.